The van der Waals surface area contributed by atoms with E-state index in [1.807, 2.05) is 13.0 Å². The van der Waals surface area contributed by atoms with Crippen LogP contribution in [0.2, 0.25) is 5.15 Å². The fraction of sp³-hybridized carbons (Fsp3) is 0.154. The summed E-state index contributed by atoms with van der Waals surface area (Å²) >= 11 is 9.20. The average molecular weight is 357 g/mol. The summed E-state index contributed by atoms with van der Waals surface area (Å²) in [4.78, 5) is 20.0. The molecule has 0 saturated carbocycles. The Bertz CT molecular complexity index is 664. The van der Waals surface area contributed by atoms with Gasteiger partial charge < -0.3 is 4.74 Å². The number of hydrogen-bond donors (Lipinski definition) is 1. The Labute approximate surface area is 129 Å². The third-order valence-corrected chi connectivity index (χ3v) is 3.61. The zero-order valence-corrected chi connectivity index (χ0v) is 13.1. The van der Waals surface area contributed by atoms with Crippen molar-refractivity contribution < 1.29 is 9.53 Å². The Hall–Kier alpha value is -1.66. The second-order valence-corrected chi connectivity index (χ2v) is 5.22. The molecule has 104 valence electrons. The zero-order chi connectivity index (χ0) is 14.7. The van der Waals surface area contributed by atoms with E-state index < -0.39 is 0 Å². The van der Waals surface area contributed by atoms with E-state index in [0.29, 0.717) is 5.56 Å². The maximum atomic E-state index is 12.1. The lowest BCUT2D eigenvalue weighted by atomic mass is 10.1. The molecule has 0 radical (unpaired) electrons. The molecule has 0 bridgehead atoms. The second kappa shape index (κ2) is 6.19. The Kier molecular flexibility index (Phi) is 4.57. The van der Waals surface area contributed by atoms with Gasteiger partial charge >= 0.3 is 0 Å². The molecular formula is C13H11BrClN3O2. The first-order chi connectivity index (χ1) is 9.49. The number of methoxy groups -OCH3 is 1. The monoisotopic (exact) mass is 355 g/mol. The SMILES string of the molecule is COc1cc(Cl)nc(NC(=O)c2ccc(Br)c(C)c2)n1. The Morgan fingerprint density at radius 1 is 1.35 bits per heavy atom. The Balaban J connectivity index is 2.23. The summed E-state index contributed by atoms with van der Waals surface area (Å²) in [6.07, 6.45) is 0. The van der Waals surface area contributed by atoms with Crippen LogP contribution in [0.4, 0.5) is 5.95 Å². The Morgan fingerprint density at radius 2 is 2.10 bits per heavy atom. The van der Waals surface area contributed by atoms with E-state index in [2.05, 4.69) is 31.2 Å². The van der Waals surface area contributed by atoms with Crippen molar-refractivity contribution >= 4 is 39.4 Å². The Morgan fingerprint density at radius 3 is 2.75 bits per heavy atom. The number of carbonyl (C=O) groups is 1. The number of hydrogen-bond acceptors (Lipinski definition) is 4. The maximum Gasteiger partial charge on any atom is 0.258 e. The van der Waals surface area contributed by atoms with Gasteiger partial charge in [0.1, 0.15) is 5.15 Å². The van der Waals surface area contributed by atoms with E-state index in [-0.39, 0.29) is 22.9 Å². The number of aromatic nitrogens is 2. The van der Waals surface area contributed by atoms with Crippen molar-refractivity contribution in [3.8, 4) is 5.88 Å². The highest BCUT2D eigenvalue weighted by molar-refractivity contribution is 9.10. The van der Waals surface area contributed by atoms with Gasteiger partial charge in [-0.3, -0.25) is 10.1 Å². The largest absolute Gasteiger partial charge is 0.481 e. The van der Waals surface area contributed by atoms with Crippen LogP contribution >= 0.6 is 27.5 Å². The van der Waals surface area contributed by atoms with Crippen LogP contribution < -0.4 is 10.1 Å². The molecule has 1 amide bonds. The lowest BCUT2D eigenvalue weighted by molar-refractivity contribution is 0.102. The van der Waals surface area contributed by atoms with Crippen molar-refractivity contribution in [1.29, 1.82) is 0 Å². The van der Waals surface area contributed by atoms with Crippen molar-refractivity contribution in [2.45, 2.75) is 6.92 Å². The van der Waals surface area contributed by atoms with Gasteiger partial charge in [-0.1, -0.05) is 27.5 Å². The van der Waals surface area contributed by atoms with Gasteiger partial charge in [-0.25, -0.2) is 4.98 Å². The minimum Gasteiger partial charge on any atom is -0.481 e. The number of carbonyl (C=O) groups excluding carboxylic acids is 1. The standard InChI is InChI=1S/C13H11BrClN3O2/c1-7-5-8(3-4-9(7)14)12(19)18-13-16-10(15)6-11(17-13)20-2/h3-6H,1-2H3,(H,16,17,18,19). The highest BCUT2D eigenvalue weighted by Crippen LogP contribution is 2.19. The predicted molar refractivity (Wildman–Crippen MR) is 80.4 cm³/mol. The van der Waals surface area contributed by atoms with Gasteiger partial charge in [0.25, 0.3) is 5.91 Å². The molecule has 1 aromatic carbocycles. The molecule has 0 spiro atoms. The molecule has 2 aromatic rings. The number of aryl methyl sites for hydroxylation is 1. The number of rotatable bonds is 3. The molecule has 1 aromatic heterocycles. The molecular weight excluding hydrogens is 346 g/mol. The maximum absolute atomic E-state index is 12.1. The summed E-state index contributed by atoms with van der Waals surface area (Å²) in [7, 11) is 1.46. The highest BCUT2D eigenvalue weighted by Gasteiger charge is 2.11. The molecule has 0 aliphatic rings. The third-order valence-electron chi connectivity index (χ3n) is 2.53. The number of nitrogens with zero attached hydrogens (tertiary/aromatic N) is 2. The summed E-state index contributed by atoms with van der Waals surface area (Å²) < 4.78 is 5.90. The van der Waals surface area contributed by atoms with Gasteiger partial charge in [-0.15, -0.1) is 0 Å². The van der Waals surface area contributed by atoms with E-state index >= 15 is 0 Å². The van der Waals surface area contributed by atoms with E-state index in [1.54, 1.807) is 12.1 Å². The van der Waals surface area contributed by atoms with Crippen LogP contribution in [0.15, 0.2) is 28.7 Å². The van der Waals surface area contributed by atoms with Crippen molar-refractivity contribution in [2.75, 3.05) is 12.4 Å². The molecule has 0 aliphatic carbocycles. The number of benzene rings is 1. The van der Waals surface area contributed by atoms with Gasteiger partial charge in [0.2, 0.25) is 11.8 Å². The van der Waals surface area contributed by atoms with E-state index in [9.17, 15) is 4.79 Å². The molecule has 5 nitrogen and oxygen atoms in total. The van der Waals surface area contributed by atoms with Gasteiger partial charge in [-0.05, 0) is 30.7 Å². The van der Waals surface area contributed by atoms with Gasteiger partial charge in [0, 0.05) is 16.1 Å². The third kappa shape index (κ3) is 3.46. The van der Waals surface area contributed by atoms with Crippen molar-refractivity contribution in [3.63, 3.8) is 0 Å². The molecule has 0 fully saturated rings. The normalized spacial score (nSPS) is 10.2. The fourth-order valence-corrected chi connectivity index (χ4v) is 1.94. The van der Waals surface area contributed by atoms with E-state index in [0.717, 1.165) is 10.0 Å². The predicted octanol–water partition coefficient (Wildman–Crippen LogP) is 3.46. The molecule has 0 unspecified atom stereocenters. The zero-order valence-electron chi connectivity index (χ0n) is 10.8. The molecule has 7 heteroatoms. The summed E-state index contributed by atoms with van der Waals surface area (Å²) in [5, 5.41) is 2.77. The van der Waals surface area contributed by atoms with Crippen LogP contribution in [0.5, 0.6) is 5.88 Å². The van der Waals surface area contributed by atoms with Crippen LogP contribution in [0.1, 0.15) is 15.9 Å². The van der Waals surface area contributed by atoms with Crippen molar-refractivity contribution in [2.24, 2.45) is 0 Å². The van der Waals surface area contributed by atoms with Crippen molar-refractivity contribution in [3.05, 3.63) is 45.0 Å². The fourth-order valence-electron chi connectivity index (χ4n) is 1.52. The van der Waals surface area contributed by atoms with Crippen LogP contribution in [-0.2, 0) is 0 Å². The van der Waals surface area contributed by atoms with Gasteiger partial charge in [-0.2, -0.15) is 4.98 Å². The number of anilines is 1. The van der Waals surface area contributed by atoms with Crippen LogP contribution in [0.25, 0.3) is 0 Å². The molecule has 20 heavy (non-hydrogen) atoms. The van der Waals surface area contributed by atoms with Crippen LogP contribution in [0.3, 0.4) is 0 Å². The summed E-state index contributed by atoms with van der Waals surface area (Å²) in [5.41, 5.74) is 1.47. The van der Waals surface area contributed by atoms with Gasteiger partial charge in [0.05, 0.1) is 7.11 Å². The lowest BCUT2D eigenvalue weighted by Gasteiger charge is -2.07. The van der Waals surface area contributed by atoms with Gasteiger partial charge in [0.15, 0.2) is 0 Å². The number of nitrogens with one attached hydrogen (secondary N) is 1. The number of amides is 1. The van der Waals surface area contributed by atoms with Crippen LogP contribution in [0, 0.1) is 6.92 Å². The number of halogens is 2. The molecule has 1 N–H and O–H groups in total. The van der Waals surface area contributed by atoms with Crippen molar-refractivity contribution in [1.82, 2.24) is 9.97 Å². The highest BCUT2D eigenvalue weighted by atomic mass is 79.9. The van der Waals surface area contributed by atoms with E-state index in [1.165, 1.54) is 13.2 Å². The topological polar surface area (TPSA) is 64.1 Å². The second-order valence-electron chi connectivity index (χ2n) is 3.97. The molecule has 1 heterocycles. The summed E-state index contributed by atoms with van der Waals surface area (Å²) in [5.74, 6) is 0.0668. The summed E-state index contributed by atoms with van der Waals surface area (Å²) in [6, 6.07) is 6.74. The smallest absolute Gasteiger partial charge is 0.258 e. The molecule has 0 atom stereocenters. The quantitative estimate of drug-likeness (QED) is 0.855. The summed E-state index contributed by atoms with van der Waals surface area (Å²) in [6.45, 7) is 1.90. The van der Waals surface area contributed by atoms with E-state index in [4.69, 9.17) is 16.3 Å². The average Bonchev–Trinajstić information content (AvgIpc) is 2.41. The first-order valence-corrected chi connectivity index (χ1v) is 6.83. The minimum absolute atomic E-state index is 0.0971. The lowest BCUT2D eigenvalue weighted by Crippen LogP contribution is -2.14. The van der Waals surface area contributed by atoms with Crippen LogP contribution in [-0.4, -0.2) is 23.0 Å². The molecule has 0 aliphatic heterocycles. The molecule has 0 saturated heterocycles. The first-order valence-electron chi connectivity index (χ1n) is 5.65. The first kappa shape index (κ1) is 14.7. The molecule has 2 rings (SSSR count). The number of ether oxygens (including phenoxy) is 1. The minimum atomic E-state index is -0.315.